The Labute approximate surface area is 74.3 Å². The van der Waals surface area contributed by atoms with Crippen molar-refractivity contribution in [1.29, 1.82) is 0 Å². The monoisotopic (exact) mass is 170 g/mol. The van der Waals surface area contributed by atoms with E-state index >= 15 is 0 Å². The zero-order chi connectivity index (χ0) is 9.78. The molecule has 2 heteroatoms. The minimum absolute atomic E-state index is 0.189. The topological polar surface area (TPSA) is 34.1 Å². The van der Waals surface area contributed by atoms with E-state index in [0.29, 0.717) is 12.8 Å². The number of rotatable bonds is 4. The van der Waals surface area contributed by atoms with Gasteiger partial charge in [-0.3, -0.25) is 4.79 Å². The van der Waals surface area contributed by atoms with Gasteiger partial charge in [0.05, 0.1) is 0 Å². The van der Waals surface area contributed by atoms with Gasteiger partial charge in [0.1, 0.15) is 12.1 Å². The summed E-state index contributed by atoms with van der Waals surface area (Å²) in [5.74, 6) is 0.422. The predicted molar refractivity (Wildman–Crippen MR) is 48.9 cm³/mol. The van der Waals surface area contributed by atoms with Crippen molar-refractivity contribution in [3.8, 4) is 0 Å². The first kappa shape index (κ1) is 11.3. The number of hydrogen-bond acceptors (Lipinski definition) is 2. The summed E-state index contributed by atoms with van der Waals surface area (Å²) in [5, 5.41) is 0. The molecular formula is C10H18O2. The molecule has 0 radical (unpaired) electrons. The summed E-state index contributed by atoms with van der Waals surface area (Å²) >= 11 is 0. The Balaban J connectivity index is 3.92. The van der Waals surface area contributed by atoms with E-state index < -0.39 is 0 Å². The lowest BCUT2D eigenvalue weighted by atomic mass is 9.85. The molecule has 0 saturated carbocycles. The Morgan fingerprint density at radius 1 is 1.42 bits per heavy atom. The molecule has 0 amide bonds. The molecule has 0 aliphatic rings. The third-order valence-corrected chi connectivity index (χ3v) is 1.87. The van der Waals surface area contributed by atoms with Crippen molar-refractivity contribution in [1.82, 2.24) is 0 Å². The Morgan fingerprint density at radius 3 is 2.25 bits per heavy atom. The fourth-order valence-corrected chi connectivity index (χ4v) is 0.870. The van der Waals surface area contributed by atoms with Crippen LogP contribution in [0.5, 0.6) is 0 Å². The van der Waals surface area contributed by atoms with Crippen molar-refractivity contribution < 1.29 is 9.59 Å². The molecule has 1 atom stereocenters. The fourth-order valence-electron chi connectivity index (χ4n) is 0.870. The van der Waals surface area contributed by atoms with Crippen molar-refractivity contribution in [2.45, 2.75) is 40.5 Å². The van der Waals surface area contributed by atoms with Crippen LogP contribution < -0.4 is 0 Å². The smallest absolute Gasteiger partial charge is 0.138 e. The van der Waals surface area contributed by atoms with E-state index in [2.05, 4.69) is 0 Å². The standard InChI is InChI=1S/C10H18O2/c1-8(5-6-11)7-9(12)10(2,3)4/h6,8H,5,7H2,1-4H3/t8-/m0/s1. The van der Waals surface area contributed by atoms with E-state index in [1.54, 1.807) is 0 Å². The number of Topliss-reactive ketones (excluding diaryl/α,β-unsaturated/α-hetero) is 1. The molecule has 0 saturated heterocycles. The predicted octanol–water partition coefficient (Wildman–Crippen LogP) is 2.22. The molecular weight excluding hydrogens is 152 g/mol. The van der Waals surface area contributed by atoms with Gasteiger partial charge >= 0.3 is 0 Å². The van der Waals surface area contributed by atoms with Crippen LogP contribution in [-0.4, -0.2) is 12.1 Å². The van der Waals surface area contributed by atoms with Gasteiger partial charge in [-0.15, -0.1) is 0 Å². The second-order valence-corrected chi connectivity index (χ2v) is 4.38. The van der Waals surface area contributed by atoms with Gasteiger partial charge in [0, 0.05) is 18.3 Å². The summed E-state index contributed by atoms with van der Waals surface area (Å²) in [6.07, 6.45) is 1.88. The average molecular weight is 170 g/mol. The quantitative estimate of drug-likeness (QED) is 0.606. The molecule has 0 aromatic rings. The Hall–Kier alpha value is -0.660. The molecule has 0 spiro atoms. The van der Waals surface area contributed by atoms with E-state index in [9.17, 15) is 9.59 Å². The van der Waals surface area contributed by atoms with Crippen LogP contribution in [0.2, 0.25) is 0 Å². The first-order valence-electron chi connectivity index (χ1n) is 4.35. The zero-order valence-electron chi connectivity index (χ0n) is 8.39. The number of aldehydes is 1. The molecule has 0 aromatic heterocycles. The molecule has 2 nitrogen and oxygen atoms in total. The molecule has 0 heterocycles. The van der Waals surface area contributed by atoms with Crippen molar-refractivity contribution in [2.24, 2.45) is 11.3 Å². The SMILES string of the molecule is C[C@@H](CC=O)CC(=O)C(C)(C)C. The highest BCUT2D eigenvalue weighted by atomic mass is 16.1. The van der Waals surface area contributed by atoms with Crippen LogP contribution in [0, 0.1) is 11.3 Å². The summed E-state index contributed by atoms with van der Waals surface area (Å²) in [7, 11) is 0. The summed E-state index contributed by atoms with van der Waals surface area (Å²) in [4.78, 5) is 21.6. The van der Waals surface area contributed by atoms with Crippen molar-refractivity contribution >= 4 is 12.1 Å². The molecule has 0 aliphatic carbocycles. The molecule has 0 unspecified atom stereocenters. The van der Waals surface area contributed by atoms with Gasteiger partial charge in [0.25, 0.3) is 0 Å². The van der Waals surface area contributed by atoms with Gasteiger partial charge < -0.3 is 4.79 Å². The van der Waals surface area contributed by atoms with Crippen molar-refractivity contribution in [3.63, 3.8) is 0 Å². The van der Waals surface area contributed by atoms with E-state index in [0.717, 1.165) is 6.29 Å². The Bertz CT molecular complexity index is 165. The normalized spacial score (nSPS) is 14.0. The van der Waals surface area contributed by atoms with Gasteiger partial charge in [-0.05, 0) is 5.92 Å². The number of carbonyl (C=O) groups excluding carboxylic acids is 2. The summed E-state index contributed by atoms with van der Waals surface area (Å²) in [5.41, 5.74) is -0.267. The molecule has 12 heavy (non-hydrogen) atoms. The van der Waals surface area contributed by atoms with Gasteiger partial charge in [0.2, 0.25) is 0 Å². The van der Waals surface area contributed by atoms with Crippen LogP contribution in [0.4, 0.5) is 0 Å². The summed E-state index contributed by atoms with van der Waals surface area (Å²) < 4.78 is 0. The lowest BCUT2D eigenvalue weighted by molar-refractivity contribution is -0.127. The molecule has 0 aliphatic heterocycles. The van der Waals surface area contributed by atoms with Gasteiger partial charge in [-0.2, -0.15) is 0 Å². The number of hydrogen-bond donors (Lipinski definition) is 0. The van der Waals surface area contributed by atoms with Crippen LogP contribution in [0.3, 0.4) is 0 Å². The minimum Gasteiger partial charge on any atom is -0.303 e. The maximum atomic E-state index is 11.4. The summed E-state index contributed by atoms with van der Waals surface area (Å²) in [6, 6.07) is 0. The third-order valence-electron chi connectivity index (χ3n) is 1.87. The van der Waals surface area contributed by atoms with E-state index in [4.69, 9.17) is 0 Å². The fraction of sp³-hybridized carbons (Fsp3) is 0.800. The second kappa shape index (κ2) is 4.39. The molecule has 0 rings (SSSR count). The largest absolute Gasteiger partial charge is 0.303 e. The molecule has 0 fully saturated rings. The van der Waals surface area contributed by atoms with E-state index in [1.165, 1.54) is 0 Å². The maximum absolute atomic E-state index is 11.4. The van der Waals surface area contributed by atoms with Crippen molar-refractivity contribution in [2.75, 3.05) is 0 Å². The van der Waals surface area contributed by atoms with Crippen LogP contribution in [0.1, 0.15) is 40.5 Å². The highest BCUT2D eigenvalue weighted by molar-refractivity contribution is 5.83. The van der Waals surface area contributed by atoms with E-state index in [1.807, 2.05) is 27.7 Å². The molecule has 0 N–H and O–H groups in total. The molecule has 0 bridgehead atoms. The molecule has 0 aromatic carbocycles. The van der Waals surface area contributed by atoms with Gasteiger partial charge in [-0.1, -0.05) is 27.7 Å². The van der Waals surface area contributed by atoms with Crippen LogP contribution in [-0.2, 0) is 9.59 Å². The number of ketones is 1. The summed E-state index contributed by atoms with van der Waals surface area (Å²) in [6.45, 7) is 7.65. The third kappa shape index (κ3) is 4.27. The first-order chi connectivity index (χ1) is 5.38. The highest BCUT2D eigenvalue weighted by Crippen LogP contribution is 2.20. The number of carbonyl (C=O) groups is 2. The highest BCUT2D eigenvalue weighted by Gasteiger charge is 2.22. The second-order valence-electron chi connectivity index (χ2n) is 4.38. The van der Waals surface area contributed by atoms with Crippen LogP contribution >= 0.6 is 0 Å². The Morgan fingerprint density at radius 2 is 1.92 bits per heavy atom. The minimum atomic E-state index is -0.267. The lowest BCUT2D eigenvalue weighted by Gasteiger charge is -2.18. The Kier molecular flexibility index (Phi) is 4.15. The van der Waals surface area contributed by atoms with Crippen LogP contribution in [0.15, 0.2) is 0 Å². The lowest BCUT2D eigenvalue weighted by Crippen LogP contribution is -2.22. The van der Waals surface area contributed by atoms with Gasteiger partial charge in [-0.25, -0.2) is 0 Å². The van der Waals surface area contributed by atoms with E-state index in [-0.39, 0.29) is 17.1 Å². The van der Waals surface area contributed by atoms with Crippen LogP contribution in [0.25, 0.3) is 0 Å². The first-order valence-corrected chi connectivity index (χ1v) is 4.35. The van der Waals surface area contributed by atoms with Crippen molar-refractivity contribution in [3.05, 3.63) is 0 Å². The zero-order valence-corrected chi connectivity index (χ0v) is 8.39. The van der Waals surface area contributed by atoms with Gasteiger partial charge in [0.15, 0.2) is 0 Å². The molecule has 70 valence electrons. The maximum Gasteiger partial charge on any atom is 0.138 e. The average Bonchev–Trinajstić information content (AvgIpc) is 1.85.